The van der Waals surface area contributed by atoms with E-state index >= 15 is 0 Å². The summed E-state index contributed by atoms with van der Waals surface area (Å²) < 4.78 is 1.86. The van der Waals surface area contributed by atoms with Crippen LogP contribution < -0.4 is 10.6 Å². The van der Waals surface area contributed by atoms with Crippen LogP contribution in [-0.4, -0.2) is 52.7 Å². The monoisotopic (exact) mass is 278 g/mol. The first kappa shape index (κ1) is 14.8. The minimum absolute atomic E-state index is 0.108. The van der Waals surface area contributed by atoms with Gasteiger partial charge in [-0.3, -0.25) is 15.0 Å². The first-order valence-corrected chi connectivity index (χ1v) is 7.36. The number of nitrogens with two attached hydrogens (primary N) is 1. The number of anilines is 1. The van der Waals surface area contributed by atoms with Crippen molar-refractivity contribution in [1.29, 1.82) is 5.41 Å². The van der Waals surface area contributed by atoms with Crippen LogP contribution in [0.3, 0.4) is 0 Å². The van der Waals surface area contributed by atoms with Crippen molar-refractivity contribution in [1.82, 2.24) is 14.7 Å². The molecule has 3 N–H and O–H groups in total. The van der Waals surface area contributed by atoms with Gasteiger partial charge in [0.1, 0.15) is 11.7 Å². The van der Waals surface area contributed by atoms with Crippen molar-refractivity contribution in [2.45, 2.75) is 33.2 Å². The van der Waals surface area contributed by atoms with Gasteiger partial charge in [0.2, 0.25) is 0 Å². The molecule has 2 heterocycles. The summed E-state index contributed by atoms with van der Waals surface area (Å²) >= 11 is 0. The van der Waals surface area contributed by atoms with E-state index in [4.69, 9.17) is 11.1 Å². The third-order valence-corrected chi connectivity index (χ3v) is 4.25. The fourth-order valence-corrected chi connectivity index (χ4v) is 3.30. The highest BCUT2D eigenvalue weighted by atomic mass is 15.4. The van der Waals surface area contributed by atoms with E-state index in [1.807, 2.05) is 18.7 Å². The molecule has 1 fully saturated rings. The summed E-state index contributed by atoms with van der Waals surface area (Å²) in [6.45, 7) is 10.5. The second kappa shape index (κ2) is 5.83. The molecule has 1 aliphatic heterocycles. The van der Waals surface area contributed by atoms with Gasteiger partial charge in [0.05, 0.1) is 11.3 Å². The van der Waals surface area contributed by atoms with E-state index in [2.05, 4.69) is 28.7 Å². The highest BCUT2D eigenvalue weighted by Gasteiger charge is 2.30. The van der Waals surface area contributed by atoms with Gasteiger partial charge < -0.3 is 10.6 Å². The van der Waals surface area contributed by atoms with Gasteiger partial charge in [0.25, 0.3) is 0 Å². The summed E-state index contributed by atoms with van der Waals surface area (Å²) in [5.74, 6) is 1.10. The lowest BCUT2D eigenvalue weighted by Gasteiger charge is -2.27. The Morgan fingerprint density at radius 1 is 1.45 bits per heavy atom. The topological polar surface area (TPSA) is 74.2 Å². The maximum absolute atomic E-state index is 7.79. The van der Waals surface area contributed by atoms with Crippen molar-refractivity contribution < 1.29 is 0 Å². The van der Waals surface area contributed by atoms with Gasteiger partial charge in [0, 0.05) is 26.2 Å². The van der Waals surface area contributed by atoms with Crippen LogP contribution in [0.1, 0.15) is 31.5 Å². The normalized spacial score (nSPS) is 19.1. The lowest BCUT2D eigenvalue weighted by Crippen LogP contribution is -2.37. The third-order valence-electron chi connectivity index (χ3n) is 4.25. The summed E-state index contributed by atoms with van der Waals surface area (Å²) in [5.41, 5.74) is 7.36. The second-order valence-electron chi connectivity index (χ2n) is 5.43. The van der Waals surface area contributed by atoms with Crippen LogP contribution in [-0.2, 0) is 7.05 Å². The summed E-state index contributed by atoms with van der Waals surface area (Å²) in [6.07, 6.45) is 1.16. The number of amidine groups is 1. The minimum Gasteiger partial charge on any atom is -0.384 e. The van der Waals surface area contributed by atoms with Crippen LogP contribution in [0.4, 0.5) is 5.82 Å². The smallest absolute Gasteiger partial charge is 0.137 e. The molecule has 1 unspecified atom stereocenters. The van der Waals surface area contributed by atoms with Gasteiger partial charge in [-0.2, -0.15) is 5.10 Å². The lowest BCUT2D eigenvalue weighted by atomic mass is 10.2. The van der Waals surface area contributed by atoms with Crippen molar-refractivity contribution in [2.75, 3.05) is 31.1 Å². The largest absolute Gasteiger partial charge is 0.384 e. The molecule has 6 heteroatoms. The number of rotatable bonds is 5. The van der Waals surface area contributed by atoms with Crippen LogP contribution in [0.15, 0.2) is 0 Å². The van der Waals surface area contributed by atoms with E-state index in [-0.39, 0.29) is 5.84 Å². The zero-order chi connectivity index (χ0) is 14.9. The Labute approximate surface area is 121 Å². The summed E-state index contributed by atoms with van der Waals surface area (Å²) in [5, 5.41) is 12.2. The third kappa shape index (κ3) is 2.52. The molecule has 0 bridgehead atoms. The number of hydrogen-bond donors (Lipinski definition) is 2. The average Bonchev–Trinajstić information content (AvgIpc) is 2.95. The number of nitrogens with one attached hydrogen (secondary N) is 1. The maximum Gasteiger partial charge on any atom is 0.137 e. The Bertz CT molecular complexity index is 488. The SMILES string of the molecule is CCN(CC)C1CCN(c2c(C(=N)N)c(C)nn2C)C1. The van der Waals surface area contributed by atoms with Gasteiger partial charge in [-0.1, -0.05) is 13.8 Å². The molecule has 0 radical (unpaired) electrons. The maximum atomic E-state index is 7.79. The lowest BCUT2D eigenvalue weighted by molar-refractivity contribution is 0.232. The predicted molar refractivity (Wildman–Crippen MR) is 82.5 cm³/mol. The van der Waals surface area contributed by atoms with Crippen LogP contribution in [0, 0.1) is 12.3 Å². The van der Waals surface area contributed by atoms with E-state index in [1.165, 1.54) is 0 Å². The Morgan fingerprint density at radius 3 is 2.65 bits per heavy atom. The number of nitrogens with zero attached hydrogens (tertiary/aromatic N) is 4. The second-order valence-corrected chi connectivity index (χ2v) is 5.43. The van der Waals surface area contributed by atoms with E-state index in [0.717, 1.165) is 49.7 Å². The molecule has 0 aromatic carbocycles. The summed E-state index contributed by atoms with van der Waals surface area (Å²) in [6, 6.07) is 0.583. The van der Waals surface area contributed by atoms with Gasteiger partial charge >= 0.3 is 0 Å². The number of nitrogen functional groups attached to an aromatic ring is 1. The fourth-order valence-electron chi connectivity index (χ4n) is 3.30. The average molecular weight is 278 g/mol. The number of likely N-dealkylation sites (N-methyl/N-ethyl adjacent to an activating group) is 1. The minimum atomic E-state index is 0.108. The highest BCUT2D eigenvalue weighted by Crippen LogP contribution is 2.27. The van der Waals surface area contributed by atoms with Crippen LogP contribution in [0.25, 0.3) is 0 Å². The Hall–Kier alpha value is -1.56. The van der Waals surface area contributed by atoms with E-state index in [9.17, 15) is 0 Å². The van der Waals surface area contributed by atoms with Crippen LogP contribution in [0.5, 0.6) is 0 Å². The quantitative estimate of drug-likeness (QED) is 0.621. The molecule has 1 aromatic heterocycles. The standard InChI is InChI=1S/C14H26N6/c1-5-19(6-2)11-7-8-20(9-11)14-12(13(15)16)10(3)17-18(14)4/h11H,5-9H2,1-4H3,(H3,15,16). The molecule has 1 saturated heterocycles. The predicted octanol–water partition coefficient (Wildman–Crippen LogP) is 0.933. The van der Waals surface area contributed by atoms with Crippen molar-refractivity contribution in [3.63, 3.8) is 0 Å². The van der Waals surface area contributed by atoms with Crippen molar-refractivity contribution in [3.05, 3.63) is 11.3 Å². The Morgan fingerprint density at radius 2 is 2.10 bits per heavy atom. The molecule has 0 spiro atoms. The van der Waals surface area contributed by atoms with Crippen LogP contribution >= 0.6 is 0 Å². The zero-order valence-corrected chi connectivity index (χ0v) is 13.0. The molecular weight excluding hydrogens is 252 g/mol. The summed E-state index contributed by atoms with van der Waals surface area (Å²) in [7, 11) is 1.93. The highest BCUT2D eigenvalue weighted by molar-refractivity contribution is 6.01. The van der Waals surface area contributed by atoms with E-state index < -0.39 is 0 Å². The first-order chi connectivity index (χ1) is 9.49. The molecule has 1 aliphatic rings. The van der Waals surface area contributed by atoms with Crippen molar-refractivity contribution in [2.24, 2.45) is 12.8 Å². The first-order valence-electron chi connectivity index (χ1n) is 7.36. The molecule has 112 valence electrons. The number of aryl methyl sites for hydroxylation is 2. The molecule has 0 saturated carbocycles. The van der Waals surface area contributed by atoms with E-state index in [1.54, 1.807) is 0 Å². The molecular formula is C14H26N6. The molecule has 0 amide bonds. The zero-order valence-electron chi connectivity index (χ0n) is 13.0. The molecule has 20 heavy (non-hydrogen) atoms. The van der Waals surface area contributed by atoms with Gasteiger partial charge in [-0.15, -0.1) is 0 Å². The van der Waals surface area contributed by atoms with Gasteiger partial charge in [-0.25, -0.2) is 0 Å². The fraction of sp³-hybridized carbons (Fsp3) is 0.714. The number of hydrogen-bond acceptors (Lipinski definition) is 4. The van der Waals surface area contributed by atoms with Crippen molar-refractivity contribution >= 4 is 11.7 Å². The Kier molecular flexibility index (Phi) is 4.32. The number of aromatic nitrogens is 2. The van der Waals surface area contributed by atoms with Crippen LogP contribution in [0.2, 0.25) is 0 Å². The van der Waals surface area contributed by atoms with E-state index in [0.29, 0.717) is 6.04 Å². The molecule has 6 nitrogen and oxygen atoms in total. The van der Waals surface area contributed by atoms with Crippen molar-refractivity contribution in [3.8, 4) is 0 Å². The molecule has 2 rings (SSSR count). The molecule has 1 atom stereocenters. The Balaban J connectivity index is 2.24. The molecule has 0 aliphatic carbocycles. The summed E-state index contributed by atoms with van der Waals surface area (Å²) in [4.78, 5) is 4.82. The van der Waals surface area contributed by atoms with Gasteiger partial charge in [-0.05, 0) is 26.4 Å². The molecule has 1 aromatic rings. The van der Waals surface area contributed by atoms with Gasteiger partial charge in [0.15, 0.2) is 0 Å².